The van der Waals surface area contributed by atoms with Crippen molar-refractivity contribution in [2.75, 3.05) is 25.6 Å². The van der Waals surface area contributed by atoms with Crippen LogP contribution in [0.2, 0.25) is 0 Å². The predicted molar refractivity (Wildman–Crippen MR) is 217 cm³/mol. The fourth-order valence-corrected chi connectivity index (χ4v) is 5.47. The number of likely N-dealkylation sites (N-methyl/N-ethyl adjacent to an activating group) is 1. The number of hydrogen-bond donors (Lipinski definition) is 2. The van der Waals surface area contributed by atoms with Crippen LogP contribution in [0.4, 0.5) is 4.39 Å². The molecule has 2 atom stereocenters. The number of allylic oxidation sites excluding steroid dienone is 2. The largest absolute Gasteiger partial charge is 0.481 e. The van der Waals surface area contributed by atoms with E-state index in [0.29, 0.717) is 25.0 Å². The van der Waals surface area contributed by atoms with Crippen molar-refractivity contribution in [2.45, 2.75) is 118 Å². The van der Waals surface area contributed by atoms with Gasteiger partial charge in [0.15, 0.2) is 0 Å². The number of carbonyl (C=O) groups excluding carboxylic acids is 2. The van der Waals surface area contributed by atoms with Crippen LogP contribution in [0.15, 0.2) is 73.3 Å². The van der Waals surface area contributed by atoms with Gasteiger partial charge in [-0.25, -0.2) is 12.8 Å². The summed E-state index contributed by atoms with van der Waals surface area (Å²) in [5.41, 5.74) is 3.14. The monoisotopic (exact) mass is 779 g/mol. The van der Waals surface area contributed by atoms with Crippen LogP contribution in [0.5, 0.6) is 0 Å². The third kappa shape index (κ3) is 33.7. The molecule has 0 bridgehead atoms. The van der Waals surface area contributed by atoms with Gasteiger partial charge in [-0.1, -0.05) is 81.8 Å². The highest BCUT2D eigenvalue weighted by atomic mass is 32.2. The Bertz CT molecular complexity index is 1420. The van der Waals surface area contributed by atoms with Crippen LogP contribution in [0.3, 0.4) is 0 Å². The van der Waals surface area contributed by atoms with E-state index in [-0.39, 0.29) is 30.4 Å². The second kappa shape index (κ2) is 34.6. The first-order valence-corrected chi connectivity index (χ1v) is 20.5. The van der Waals surface area contributed by atoms with E-state index in [0.717, 1.165) is 69.4 Å². The van der Waals surface area contributed by atoms with Gasteiger partial charge in [-0.15, -0.1) is 6.58 Å². The lowest BCUT2D eigenvalue weighted by Gasteiger charge is -2.26. The van der Waals surface area contributed by atoms with Gasteiger partial charge in [0.05, 0.1) is 0 Å². The Balaban J connectivity index is -0.000000703. The van der Waals surface area contributed by atoms with Gasteiger partial charge in [-0.2, -0.15) is 0 Å². The lowest BCUT2D eigenvalue weighted by atomic mass is 9.99. The maximum absolute atomic E-state index is 12.6. The number of hydrogen-bond acceptors (Lipinski definition) is 8. The molecule has 2 aromatic rings. The molecule has 0 spiro atoms. The van der Waals surface area contributed by atoms with Crippen LogP contribution in [0.25, 0.3) is 0 Å². The second-order valence-corrected chi connectivity index (χ2v) is 14.4. The zero-order valence-electron chi connectivity index (χ0n) is 33.8. The molecule has 0 aliphatic carbocycles. The number of sulfone groups is 1. The number of carbonyl (C=O) groups is 4. The fourth-order valence-electron chi connectivity index (χ4n) is 4.74. The Hall–Kier alpha value is -4.16. The van der Waals surface area contributed by atoms with Crippen LogP contribution in [-0.4, -0.2) is 73.3 Å². The highest BCUT2D eigenvalue weighted by Gasteiger charge is 2.15. The minimum Gasteiger partial charge on any atom is -0.481 e. The smallest absolute Gasteiger partial charge is 0.303 e. The first-order valence-electron chi connectivity index (χ1n) is 18.5. The van der Waals surface area contributed by atoms with Crippen molar-refractivity contribution in [2.24, 2.45) is 0 Å². The third-order valence-corrected chi connectivity index (χ3v) is 8.31. The molecule has 2 N–H and O–H groups in total. The summed E-state index contributed by atoms with van der Waals surface area (Å²) in [5, 5.41) is 16.0. The summed E-state index contributed by atoms with van der Waals surface area (Å²) in [6.07, 6.45) is 15.7. The predicted octanol–water partition coefficient (Wildman–Crippen LogP) is 9.36. The van der Waals surface area contributed by atoms with Gasteiger partial charge >= 0.3 is 11.9 Å². The van der Waals surface area contributed by atoms with Gasteiger partial charge in [0.2, 0.25) is 0 Å². The van der Waals surface area contributed by atoms with Gasteiger partial charge in [0.25, 0.3) is 5.97 Å². The zero-order chi connectivity index (χ0) is 42.0. The number of carboxylic acids is 2. The van der Waals surface area contributed by atoms with Crippen LogP contribution in [0, 0.1) is 5.82 Å². The van der Waals surface area contributed by atoms with Gasteiger partial charge in [0, 0.05) is 51.3 Å². The van der Waals surface area contributed by atoms with Gasteiger partial charge in [0.1, 0.15) is 28.0 Å². The van der Waals surface area contributed by atoms with Crippen LogP contribution in [-0.2, 0) is 40.2 Å². The van der Waals surface area contributed by atoms with Crippen molar-refractivity contribution in [3.05, 3.63) is 95.8 Å². The maximum Gasteiger partial charge on any atom is 0.303 e. The molecule has 54 heavy (non-hydrogen) atoms. The minimum atomic E-state index is -2.73. The van der Waals surface area contributed by atoms with Gasteiger partial charge in [-0.05, 0) is 87.7 Å². The van der Waals surface area contributed by atoms with E-state index in [1.165, 1.54) is 30.9 Å². The number of rotatable bonds is 20. The molecule has 0 aliphatic heterocycles. The van der Waals surface area contributed by atoms with E-state index in [1.807, 2.05) is 46.9 Å². The molecule has 2 unspecified atom stereocenters. The number of aldehydes is 1. The number of aryl methyl sites for hydroxylation is 1. The number of halogens is 1. The van der Waals surface area contributed by atoms with Crippen molar-refractivity contribution >= 4 is 34.0 Å². The van der Waals surface area contributed by atoms with Crippen molar-refractivity contribution in [3.8, 4) is 0 Å². The molecule has 0 saturated heterocycles. The molecule has 0 aromatic heterocycles. The molecule has 0 saturated carbocycles. The summed E-state index contributed by atoms with van der Waals surface area (Å²) in [6, 6.07) is 14.3. The topological polar surface area (TPSA) is 155 Å². The molecular formula is C42H66FNO9S. The lowest BCUT2D eigenvalue weighted by Crippen LogP contribution is -2.25. The van der Waals surface area contributed by atoms with E-state index in [2.05, 4.69) is 41.8 Å². The summed E-state index contributed by atoms with van der Waals surface area (Å²) >= 11 is 0. The number of carboxylic acid groups (broad SMARTS) is 2. The number of benzene rings is 2. The molecule has 0 fully saturated rings. The molecule has 2 aromatic carbocycles. The SMILES string of the molecule is C/C=C/CCCCCS(C)(=O)=O.C=CCN(C)C(CC=O)c1ccc(CCCCC(=O)O)cc1.CC.CC(=O)O.CCC(OC(C)=O)c1ccc(F)cc1. The number of ether oxygens (including phenoxy) is 1. The molecule has 0 amide bonds. The highest BCUT2D eigenvalue weighted by Crippen LogP contribution is 2.23. The summed E-state index contributed by atoms with van der Waals surface area (Å²) in [5.74, 6) is -1.84. The average Bonchev–Trinajstić information content (AvgIpc) is 3.11. The molecule has 0 aliphatic rings. The Morgan fingerprint density at radius 2 is 1.48 bits per heavy atom. The average molecular weight is 780 g/mol. The van der Waals surface area contributed by atoms with Crippen LogP contribution >= 0.6 is 0 Å². The van der Waals surface area contributed by atoms with Crippen molar-refractivity contribution < 1.29 is 46.9 Å². The van der Waals surface area contributed by atoms with E-state index >= 15 is 0 Å². The molecule has 306 valence electrons. The van der Waals surface area contributed by atoms with E-state index in [1.54, 1.807) is 12.1 Å². The Morgan fingerprint density at radius 1 is 0.926 bits per heavy atom. The molecule has 2 rings (SSSR count). The standard InChI is InChI=1S/C18H25NO3.C11H13FO2.C9H18O2S.C2H4O2.C2H6/c1-3-13-19(2)17(12-14-20)16-10-8-15(9-11-16)6-4-5-7-18(21)22;1-3-11(14-8(2)13)9-4-6-10(12)7-5-9;1-3-4-5-6-7-8-9-12(2,10)11;1-2(3)4;1-2/h3,8-11,14,17H,1,4-7,12-13H2,2H3,(H,21,22);4-7,11H,3H2,1-2H3;3-4H,5-9H2,1-2H3;1H3,(H,3,4);1-2H3/b;;4-3+;;. The van der Waals surface area contributed by atoms with E-state index < -0.39 is 21.8 Å². The van der Waals surface area contributed by atoms with Crippen molar-refractivity contribution in [3.63, 3.8) is 0 Å². The Kier molecular flexibility index (Phi) is 34.7. The first kappa shape index (κ1) is 54.2. The number of unbranched alkanes of at least 4 members (excludes halogenated alkanes) is 4. The maximum atomic E-state index is 12.6. The van der Waals surface area contributed by atoms with Gasteiger partial charge < -0.3 is 19.7 Å². The third-order valence-electron chi connectivity index (χ3n) is 7.28. The van der Waals surface area contributed by atoms with Crippen LogP contribution in [0.1, 0.15) is 128 Å². The number of aliphatic carboxylic acids is 2. The van der Waals surface area contributed by atoms with E-state index in [4.69, 9.17) is 19.7 Å². The fraction of sp³-hybridized carbons (Fsp3) is 0.524. The Morgan fingerprint density at radius 3 is 1.93 bits per heavy atom. The van der Waals surface area contributed by atoms with Crippen molar-refractivity contribution in [1.82, 2.24) is 4.90 Å². The summed E-state index contributed by atoms with van der Waals surface area (Å²) in [4.78, 5) is 43.2. The quantitative estimate of drug-likeness (QED) is 0.0575. The molecular weight excluding hydrogens is 714 g/mol. The number of esters is 1. The van der Waals surface area contributed by atoms with Crippen LogP contribution < -0.4 is 0 Å². The second-order valence-electron chi connectivity index (χ2n) is 12.1. The van der Waals surface area contributed by atoms with E-state index in [9.17, 15) is 27.2 Å². The minimum absolute atomic E-state index is 0.0663. The summed E-state index contributed by atoms with van der Waals surface area (Å²) in [7, 11) is -0.753. The Labute approximate surface area is 324 Å². The van der Waals surface area contributed by atoms with Crippen molar-refractivity contribution in [1.29, 1.82) is 0 Å². The summed E-state index contributed by atoms with van der Waals surface area (Å²) in [6.45, 7) is 14.8. The normalized spacial score (nSPS) is 11.4. The molecule has 10 nitrogen and oxygen atoms in total. The first-order chi connectivity index (χ1) is 25.5. The number of nitrogens with zero attached hydrogens (tertiary/aromatic N) is 1. The van der Waals surface area contributed by atoms with Gasteiger partial charge in [-0.3, -0.25) is 19.3 Å². The molecule has 0 radical (unpaired) electrons. The molecule has 12 heteroatoms. The zero-order valence-corrected chi connectivity index (χ0v) is 34.6. The molecule has 0 heterocycles. The highest BCUT2D eigenvalue weighted by molar-refractivity contribution is 7.90. The summed E-state index contributed by atoms with van der Waals surface area (Å²) < 4.78 is 39.1. The lowest BCUT2D eigenvalue weighted by molar-refractivity contribution is -0.147.